The second-order valence-corrected chi connectivity index (χ2v) is 8.06. The summed E-state index contributed by atoms with van der Waals surface area (Å²) in [6.45, 7) is 14.8. The van der Waals surface area contributed by atoms with Gasteiger partial charge in [-0.25, -0.2) is 0 Å². The van der Waals surface area contributed by atoms with Crippen molar-refractivity contribution >= 4 is 17.7 Å². The van der Waals surface area contributed by atoms with E-state index in [9.17, 15) is 0 Å². The Labute approximate surface area is 141 Å². The lowest BCUT2D eigenvalue weighted by molar-refractivity contribution is 0.291. The van der Waals surface area contributed by atoms with E-state index in [-0.39, 0.29) is 0 Å². The molecule has 4 nitrogen and oxygen atoms in total. The standard InChI is InChI=1S/C17H34N4S/c1-4-16-14-21(10-11-22-16)17(18-5-2)19-12-15(3)13-20-8-6-7-9-20/h15-16H,4-14H2,1-3H3,(H,18,19). The van der Waals surface area contributed by atoms with E-state index in [4.69, 9.17) is 4.99 Å². The van der Waals surface area contributed by atoms with Gasteiger partial charge in [0.15, 0.2) is 5.96 Å². The van der Waals surface area contributed by atoms with Crippen molar-refractivity contribution in [2.24, 2.45) is 10.9 Å². The molecule has 0 bridgehead atoms. The summed E-state index contributed by atoms with van der Waals surface area (Å²) in [5.74, 6) is 3.01. The van der Waals surface area contributed by atoms with Crippen molar-refractivity contribution in [3.8, 4) is 0 Å². The van der Waals surface area contributed by atoms with Gasteiger partial charge in [-0.15, -0.1) is 0 Å². The Morgan fingerprint density at radius 3 is 2.73 bits per heavy atom. The Balaban J connectivity index is 1.85. The van der Waals surface area contributed by atoms with Crippen molar-refractivity contribution in [3.63, 3.8) is 0 Å². The van der Waals surface area contributed by atoms with Gasteiger partial charge < -0.3 is 15.1 Å². The van der Waals surface area contributed by atoms with Crippen LogP contribution in [0.3, 0.4) is 0 Å². The molecule has 1 N–H and O–H groups in total. The summed E-state index contributed by atoms with van der Waals surface area (Å²) in [6, 6.07) is 0. The van der Waals surface area contributed by atoms with Gasteiger partial charge in [-0.3, -0.25) is 4.99 Å². The quantitative estimate of drug-likeness (QED) is 0.600. The lowest BCUT2D eigenvalue weighted by Crippen LogP contribution is -2.48. The zero-order valence-electron chi connectivity index (χ0n) is 14.7. The fourth-order valence-corrected chi connectivity index (χ4v) is 4.47. The number of aliphatic imine (C=N–C) groups is 1. The maximum atomic E-state index is 4.94. The maximum Gasteiger partial charge on any atom is 0.193 e. The minimum absolute atomic E-state index is 0.646. The SMILES string of the molecule is CCNC(=NCC(C)CN1CCCC1)N1CCSC(CC)C1. The Bertz CT molecular complexity index is 342. The molecule has 0 aliphatic carbocycles. The van der Waals surface area contributed by atoms with Gasteiger partial charge in [-0.05, 0) is 45.2 Å². The van der Waals surface area contributed by atoms with Crippen molar-refractivity contribution in [2.45, 2.75) is 45.3 Å². The summed E-state index contributed by atoms with van der Waals surface area (Å²) >= 11 is 2.12. The summed E-state index contributed by atoms with van der Waals surface area (Å²) in [5.41, 5.74) is 0. The first-order chi connectivity index (χ1) is 10.7. The predicted molar refractivity (Wildman–Crippen MR) is 98.9 cm³/mol. The van der Waals surface area contributed by atoms with Crippen LogP contribution in [0.25, 0.3) is 0 Å². The van der Waals surface area contributed by atoms with Gasteiger partial charge in [0.2, 0.25) is 0 Å². The largest absolute Gasteiger partial charge is 0.357 e. The molecule has 0 aromatic heterocycles. The molecule has 2 unspecified atom stereocenters. The van der Waals surface area contributed by atoms with Crippen LogP contribution in [0.5, 0.6) is 0 Å². The van der Waals surface area contributed by atoms with E-state index < -0.39 is 0 Å². The minimum atomic E-state index is 0.646. The highest BCUT2D eigenvalue weighted by molar-refractivity contribution is 8.00. The number of nitrogens with zero attached hydrogens (tertiary/aromatic N) is 3. The Hall–Kier alpha value is -0.420. The van der Waals surface area contributed by atoms with Crippen molar-refractivity contribution in [1.82, 2.24) is 15.1 Å². The molecule has 0 spiro atoms. The van der Waals surface area contributed by atoms with Gasteiger partial charge >= 0.3 is 0 Å². The molecule has 2 rings (SSSR count). The van der Waals surface area contributed by atoms with Crippen molar-refractivity contribution in [3.05, 3.63) is 0 Å². The molecule has 2 saturated heterocycles. The van der Waals surface area contributed by atoms with Gasteiger partial charge in [0.1, 0.15) is 0 Å². The van der Waals surface area contributed by atoms with Crippen LogP contribution in [0.4, 0.5) is 0 Å². The molecule has 5 heteroatoms. The smallest absolute Gasteiger partial charge is 0.193 e. The molecule has 0 saturated carbocycles. The average Bonchev–Trinajstić information content (AvgIpc) is 3.04. The van der Waals surface area contributed by atoms with Crippen LogP contribution in [-0.2, 0) is 0 Å². The lowest BCUT2D eigenvalue weighted by Gasteiger charge is -2.34. The number of hydrogen-bond acceptors (Lipinski definition) is 3. The van der Waals surface area contributed by atoms with E-state index in [2.05, 4.69) is 47.6 Å². The summed E-state index contributed by atoms with van der Waals surface area (Å²) in [7, 11) is 0. The zero-order chi connectivity index (χ0) is 15.8. The van der Waals surface area contributed by atoms with Gasteiger partial charge in [0.05, 0.1) is 0 Å². The second kappa shape index (κ2) is 9.66. The first kappa shape index (κ1) is 17.9. The van der Waals surface area contributed by atoms with Gasteiger partial charge in [-0.2, -0.15) is 11.8 Å². The molecular formula is C17H34N4S. The molecule has 2 fully saturated rings. The summed E-state index contributed by atoms with van der Waals surface area (Å²) in [6.07, 6.45) is 4.01. The van der Waals surface area contributed by atoms with E-state index in [1.54, 1.807) is 0 Å². The fourth-order valence-electron chi connectivity index (χ4n) is 3.29. The van der Waals surface area contributed by atoms with Gasteiger partial charge in [0.25, 0.3) is 0 Å². The second-order valence-electron chi connectivity index (χ2n) is 6.65. The predicted octanol–water partition coefficient (Wildman–Crippen LogP) is 2.51. The lowest BCUT2D eigenvalue weighted by atomic mass is 10.2. The summed E-state index contributed by atoms with van der Waals surface area (Å²) in [5, 5.41) is 4.26. The summed E-state index contributed by atoms with van der Waals surface area (Å²) in [4.78, 5) is 10.0. The van der Waals surface area contributed by atoms with E-state index in [1.165, 1.54) is 44.6 Å². The molecule has 2 aliphatic heterocycles. The van der Waals surface area contributed by atoms with Crippen LogP contribution in [0.1, 0.15) is 40.0 Å². The first-order valence-corrected chi connectivity index (χ1v) is 10.1. The Kier molecular flexibility index (Phi) is 7.87. The normalized spacial score (nSPS) is 25.5. The first-order valence-electron chi connectivity index (χ1n) is 9.10. The molecule has 0 aromatic carbocycles. The molecule has 22 heavy (non-hydrogen) atoms. The van der Waals surface area contributed by atoms with Crippen LogP contribution in [0.2, 0.25) is 0 Å². The third kappa shape index (κ3) is 5.65. The molecule has 2 atom stereocenters. The van der Waals surface area contributed by atoms with Crippen LogP contribution in [0, 0.1) is 5.92 Å². The highest BCUT2D eigenvalue weighted by Crippen LogP contribution is 2.21. The molecule has 128 valence electrons. The number of guanidine groups is 1. The molecule has 0 amide bonds. The maximum absolute atomic E-state index is 4.94. The molecule has 0 radical (unpaired) electrons. The van der Waals surface area contributed by atoms with Crippen LogP contribution >= 0.6 is 11.8 Å². The monoisotopic (exact) mass is 326 g/mol. The van der Waals surface area contributed by atoms with Crippen LogP contribution < -0.4 is 5.32 Å². The minimum Gasteiger partial charge on any atom is -0.357 e. The number of hydrogen-bond donors (Lipinski definition) is 1. The zero-order valence-corrected chi connectivity index (χ0v) is 15.5. The average molecular weight is 327 g/mol. The fraction of sp³-hybridized carbons (Fsp3) is 0.941. The third-order valence-electron chi connectivity index (χ3n) is 4.55. The van der Waals surface area contributed by atoms with Crippen LogP contribution in [-0.4, -0.2) is 72.6 Å². The van der Waals surface area contributed by atoms with Crippen LogP contribution in [0.15, 0.2) is 4.99 Å². The van der Waals surface area contributed by atoms with E-state index in [0.29, 0.717) is 5.92 Å². The van der Waals surface area contributed by atoms with E-state index in [0.717, 1.165) is 37.4 Å². The van der Waals surface area contributed by atoms with Gasteiger partial charge in [-0.1, -0.05) is 13.8 Å². The van der Waals surface area contributed by atoms with E-state index in [1.807, 2.05) is 0 Å². The number of likely N-dealkylation sites (tertiary alicyclic amines) is 1. The molecular weight excluding hydrogens is 292 g/mol. The Morgan fingerprint density at radius 1 is 1.27 bits per heavy atom. The van der Waals surface area contributed by atoms with Gasteiger partial charge in [0, 0.05) is 43.7 Å². The highest BCUT2D eigenvalue weighted by atomic mass is 32.2. The Morgan fingerprint density at radius 2 is 2.05 bits per heavy atom. The molecule has 2 aliphatic rings. The van der Waals surface area contributed by atoms with Crippen molar-refractivity contribution < 1.29 is 0 Å². The molecule has 0 aromatic rings. The topological polar surface area (TPSA) is 30.9 Å². The summed E-state index contributed by atoms with van der Waals surface area (Å²) < 4.78 is 0. The number of rotatable bonds is 6. The number of nitrogens with one attached hydrogen (secondary N) is 1. The van der Waals surface area contributed by atoms with E-state index >= 15 is 0 Å². The van der Waals surface area contributed by atoms with Crippen molar-refractivity contribution in [1.29, 1.82) is 0 Å². The third-order valence-corrected chi connectivity index (χ3v) is 5.92. The molecule has 2 heterocycles. The number of thioether (sulfide) groups is 1. The van der Waals surface area contributed by atoms with Crippen molar-refractivity contribution in [2.75, 3.05) is 51.6 Å². The highest BCUT2D eigenvalue weighted by Gasteiger charge is 2.21.